The van der Waals surface area contributed by atoms with Crippen LogP contribution >= 0.6 is 23.4 Å². The van der Waals surface area contributed by atoms with Gasteiger partial charge in [-0.2, -0.15) is 13.9 Å². The standard InChI is InChI=1S/C19H13ClF2N4O2S/c1-29-15-7-3-2-5-11(15)24-18(27)13-10-17-23-12(14-6-4-8-28-14)9-16(19(20,21)22)26(17)25-13/h2-10H,1H3,(H,24,27). The van der Waals surface area contributed by atoms with Crippen molar-refractivity contribution in [2.24, 2.45) is 0 Å². The van der Waals surface area contributed by atoms with Crippen molar-refractivity contribution in [3.8, 4) is 11.5 Å². The molecule has 0 bridgehead atoms. The summed E-state index contributed by atoms with van der Waals surface area (Å²) in [6.45, 7) is 0. The zero-order valence-corrected chi connectivity index (χ0v) is 16.5. The summed E-state index contributed by atoms with van der Waals surface area (Å²) in [5.74, 6) is -0.267. The molecular formula is C19H13ClF2N4O2S. The fourth-order valence-corrected chi connectivity index (χ4v) is 3.46. The van der Waals surface area contributed by atoms with Crippen molar-refractivity contribution in [1.29, 1.82) is 0 Å². The minimum absolute atomic E-state index is 0.0394. The molecule has 0 aliphatic rings. The van der Waals surface area contributed by atoms with Gasteiger partial charge in [-0.25, -0.2) is 9.50 Å². The quantitative estimate of drug-likeness (QED) is 0.343. The number of thioether (sulfide) groups is 1. The van der Waals surface area contributed by atoms with Crippen molar-refractivity contribution in [3.05, 3.63) is 66.2 Å². The van der Waals surface area contributed by atoms with Crippen LogP contribution in [0.25, 0.3) is 17.1 Å². The maximum Gasteiger partial charge on any atom is 0.364 e. The number of nitrogens with one attached hydrogen (secondary N) is 1. The Kier molecular flexibility index (Phi) is 5.01. The molecule has 6 nitrogen and oxygen atoms in total. The number of hydrogen-bond donors (Lipinski definition) is 1. The highest BCUT2D eigenvalue weighted by molar-refractivity contribution is 7.98. The summed E-state index contributed by atoms with van der Waals surface area (Å²) >= 11 is 6.74. The van der Waals surface area contributed by atoms with Gasteiger partial charge in [0.2, 0.25) is 0 Å². The minimum Gasteiger partial charge on any atom is -0.463 e. The number of carbonyl (C=O) groups excluding carboxylic acids is 1. The summed E-state index contributed by atoms with van der Waals surface area (Å²) in [5.41, 5.74) is 0.0791. The molecule has 0 fully saturated rings. The largest absolute Gasteiger partial charge is 0.463 e. The Bertz CT molecular complexity index is 1190. The third kappa shape index (κ3) is 3.83. The predicted octanol–water partition coefficient (Wildman–Crippen LogP) is 5.25. The van der Waals surface area contributed by atoms with Crippen molar-refractivity contribution in [2.45, 2.75) is 10.3 Å². The van der Waals surface area contributed by atoms with Crippen LogP contribution in [-0.2, 0) is 5.38 Å². The van der Waals surface area contributed by atoms with E-state index in [-0.39, 0.29) is 22.8 Å². The number of aromatic nitrogens is 3. The van der Waals surface area contributed by atoms with Gasteiger partial charge in [-0.05, 0) is 48.2 Å². The van der Waals surface area contributed by atoms with E-state index in [0.29, 0.717) is 5.69 Å². The number of benzene rings is 1. The molecule has 4 rings (SSSR count). The predicted molar refractivity (Wildman–Crippen MR) is 107 cm³/mol. The van der Waals surface area contributed by atoms with Gasteiger partial charge in [-0.15, -0.1) is 11.8 Å². The van der Waals surface area contributed by atoms with E-state index in [9.17, 15) is 13.6 Å². The topological polar surface area (TPSA) is 72.4 Å². The van der Waals surface area contributed by atoms with E-state index >= 15 is 0 Å². The first kappa shape index (κ1) is 19.4. The van der Waals surface area contributed by atoms with Crippen LogP contribution in [0, 0.1) is 0 Å². The molecule has 0 saturated heterocycles. The summed E-state index contributed by atoms with van der Waals surface area (Å²) in [6, 6.07) is 12.8. The number of para-hydroxylation sites is 1. The number of hydrogen-bond acceptors (Lipinski definition) is 5. The molecule has 29 heavy (non-hydrogen) atoms. The lowest BCUT2D eigenvalue weighted by molar-refractivity contribution is 0.0869. The van der Waals surface area contributed by atoms with Gasteiger partial charge in [-0.3, -0.25) is 4.79 Å². The molecule has 0 atom stereocenters. The van der Waals surface area contributed by atoms with Crippen molar-refractivity contribution in [1.82, 2.24) is 14.6 Å². The molecule has 0 unspecified atom stereocenters. The summed E-state index contributed by atoms with van der Waals surface area (Å²) < 4.78 is 34.1. The summed E-state index contributed by atoms with van der Waals surface area (Å²) in [7, 11) is 0. The number of halogens is 3. The maximum absolute atomic E-state index is 14.0. The zero-order valence-electron chi connectivity index (χ0n) is 14.9. The van der Waals surface area contributed by atoms with E-state index < -0.39 is 17.0 Å². The molecule has 3 aromatic heterocycles. The lowest BCUT2D eigenvalue weighted by atomic mass is 10.2. The SMILES string of the molecule is CSc1ccccc1NC(=O)c1cc2nc(-c3ccco3)cc(C(F)(F)Cl)n2n1. The van der Waals surface area contributed by atoms with E-state index in [4.69, 9.17) is 16.0 Å². The molecule has 1 N–H and O–H groups in total. The molecular weight excluding hydrogens is 422 g/mol. The van der Waals surface area contributed by atoms with Gasteiger partial charge in [0.05, 0.1) is 12.0 Å². The number of nitrogens with zero attached hydrogens (tertiary/aromatic N) is 3. The van der Waals surface area contributed by atoms with Crippen LogP contribution in [-0.4, -0.2) is 26.8 Å². The van der Waals surface area contributed by atoms with Crippen LogP contribution in [0.2, 0.25) is 0 Å². The van der Waals surface area contributed by atoms with E-state index in [0.717, 1.165) is 15.5 Å². The van der Waals surface area contributed by atoms with Crippen LogP contribution in [0.5, 0.6) is 0 Å². The van der Waals surface area contributed by atoms with Gasteiger partial charge >= 0.3 is 5.38 Å². The Balaban J connectivity index is 1.78. The molecule has 0 aliphatic heterocycles. The number of alkyl halides is 3. The Hall–Kier alpha value is -2.91. The van der Waals surface area contributed by atoms with Crippen molar-refractivity contribution in [3.63, 3.8) is 0 Å². The number of anilines is 1. The molecule has 1 aromatic carbocycles. The monoisotopic (exact) mass is 434 g/mol. The van der Waals surface area contributed by atoms with Gasteiger partial charge in [-0.1, -0.05) is 12.1 Å². The second kappa shape index (κ2) is 7.49. The molecule has 0 saturated carbocycles. The van der Waals surface area contributed by atoms with Crippen molar-refractivity contribution >= 4 is 40.6 Å². The second-order valence-electron chi connectivity index (χ2n) is 5.96. The Labute approximate surface area is 172 Å². The minimum atomic E-state index is -3.73. The maximum atomic E-state index is 14.0. The molecule has 10 heteroatoms. The molecule has 3 heterocycles. The van der Waals surface area contributed by atoms with Gasteiger partial charge in [0.15, 0.2) is 17.1 Å². The summed E-state index contributed by atoms with van der Waals surface area (Å²) in [6.07, 6.45) is 3.28. The fraction of sp³-hybridized carbons (Fsp3) is 0.105. The number of rotatable bonds is 5. The zero-order chi connectivity index (χ0) is 20.6. The first-order chi connectivity index (χ1) is 13.9. The summed E-state index contributed by atoms with van der Waals surface area (Å²) in [5, 5.41) is 3.00. The number of fused-ring (bicyclic) bond motifs is 1. The van der Waals surface area contributed by atoms with E-state index in [2.05, 4.69) is 15.4 Å². The number of furan rings is 1. The van der Waals surface area contributed by atoms with Crippen LogP contribution in [0.3, 0.4) is 0 Å². The number of carbonyl (C=O) groups is 1. The van der Waals surface area contributed by atoms with Gasteiger partial charge in [0.1, 0.15) is 11.4 Å². The van der Waals surface area contributed by atoms with E-state index in [1.807, 2.05) is 18.4 Å². The van der Waals surface area contributed by atoms with E-state index in [1.165, 1.54) is 24.1 Å². The van der Waals surface area contributed by atoms with Gasteiger partial charge in [0.25, 0.3) is 5.91 Å². The first-order valence-corrected chi connectivity index (χ1v) is 9.93. The van der Waals surface area contributed by atoms with Crippen LogP contribution < -0.4 is 5.32 Å². The highest BCUT2D eigenvalue weighted by Crippen LogP contribution is 2.34. The average Bonchev–Trinajstić information content (AvgIpc) is 3.36. The van der Waals surface area contributed by atoms with Gasteiger partial charge < -0.3 is 9.73 Å². The smallest absolute Gasteiger partial charge is 0.364 e. The molecule has 0 spiro atoms. The lowest BCUT2D eigenvalue weighted by Crippen LogP contribution is -2.15. The van der Waals surface area contributed by atoms with Crippen molar-refractivity contribution in [2.75, 3.05) is 11.6 Å². The molecule has 0 aliphatic carbocycles. The Morgan fingerprint density at radius 2 is 2.03 bits per heavy atom. The Morgan fingerprint density at radius 3 is 2.72 bits per heavy atom. The third-order valence-corrected chi connectivity index (χ3v) is 5.07. The molecule has 148 valence electrons. The second-order valence-corrected chi connectivity index (χ2v) is 7.28. The molecule has 0 radical (unpaired) electrons. The third-order valence-electron chi connectivity index (χ3n) is 4.08. The highest BCUT2D eigenvalue weighted by Gasteiger charge is 2.33. The fourth-order valence-electron chi connectivity index (χ4n) is 2.77. The highest BCUT2D eigenvalue weighted by atomic mass is 35.5. The lowest BCUT2D eigenvalue weighted by Gasteiger charge is -2.11. The van der Waals surface area contributed by atoms with E-state index in [1.54, 1.807) is 24.3 Å². The summed E-state index contributed by atoms with van der Waals surface area (Å²) in [4.78, 5) is 17.8. The Morgan fingerprint density at radius 1 is 1.24 bits per heavy atom. The number of amides is 1. The molecule has 1 amide bonds. The normalized spacial score (nSPS) is 11.7. The van der Waals surface area contributed by atoms with Gasteiger partial charge in [0, 0.05) is 11.0 Å². The first-order valence-electron chi connectivity index (χ1n) is 8.33. The average molecular weight is 435 g/mol. The molecule has 4 aromatic rings. The van der Waals surface area contributed by atoms with Crippen LogP contribution in [0.15, 0.2) is 64.1 Å². The van der Waals surface area contributed by atoms with Crippen LogP contribution in [0.1, 0.15) is 16.2 Å². The van der Waals surface area contributed by atoms with Crippen LogP contribution in [0.4, 0.5) is 14.5 Å². The van der Waals surface area contributed by atoms with Crippen molar-refractivity contribution < 1.29 is 18.0 Å².